The predicted octanol–water partition coefficient (Wildman–Crippen LogP) is 3.25. The summed E-state index contributed by atoms with van der Waals surface area (Å²) >= 11 is 0. The standard InChI is InChI=1S/C17H26N2/c1-13-5-4-7-14(13)12-19-17-9-10-18-11-15-6-2-3-8-16(15)17/h2-3,6,8,13-14,17-19H,4-5,7,9-12H2,1H3. The maximum atomic E-state index is 3.85. The van der Waals surface area contributed by atoms with Crippen molar-refractivity contribution in [1.82, 2.24) is 10.6 Å². The van der Waals surface area contributed by atoms with Gasteiger partial charge in [-0.05, 0) is 48.9 Å². The third kappa shape index (κ3) is 3.01. The molecule has 0 saturated heterocycles. The van der Waals surface area contributed by atoms with Crippen molar-refractivity contribution in [2.75, 3.05) is 13.1 Å². The molecular formula is C17H26N2. The van der Waals surface area contributed by atoms with Crippen LogP contribution in [0.2, 0.25) is 0 Å². The lowest BCUT2D eigenvalue weighted by atomic mass is 9.95. The Morgan fingerprint density at radius 2 is 2.11 bits per heavy atom. The molecule has 3 rings (SSSR count). The maximum absolute atomic E-state index is 3.85. The van der Waals surface area contributed by atoms with Crippen LogP contribution in [-0.4, -0.2) is 13.1 Å². The molecule has 2 aliphatic rings. The van der Waals surface area contributed by atoms with Crippen LogP contribution < -0.4 is 10.6 Å². The fourth-order valence-electron chi connectivity index (χ4n) is 3.69. The molecule has 1 aliphatic heterocycles. The van der Waals surface area contributed by atoms with Crippen LogP contribution >= 0.6 is 0 Å². The third-order valence-corrected chi connectivity index (χ3v) is 5.02. The zero-order chi connectivity index (χ0) is 13.1. The molecular weight excluding hydrogens is 232 g/mol. The van der Waals surface area contributed by atoms with Crippen LogP contribution in [-0.2, 0) is 6.54 Å². The van der Waals surface area contributed by atoms with E-state index < -0.39 is 0 Å². The van der Waals surface area contributed by atoms with Crippen molar-refractivity contribution in [2.24, 2.45) is 11.8 Å². The largest absolute Gasteiger partial charge is 0.313 e. The zero-order valence-electron chi connectivity index (χ0n) is 12.0. The van der Waals surface area contributed by atoms with Crippen LogP contribution in [0, 0.1) is 11.8 Å². The van der Waals surface area contributed by atoms with E-state index >= 15 is 0 Å². The van der Waals surface area contributed by atoms with E-state index in [1.54, 1.807) is 0 Å². The minimum atomic E-state index is 0.541. The van der Waals surface area contributed by atoms with Crippen molar-refractivity contribution in [1.29, 1.82) is 0 Å². The molecule has 0 bridgehead atoms. The highest BCUT2D eigenvalue weighted by atomic mass is 14.9. The second kappa shape index (κ2) is 6.06. The Labute approximate surface area is 117 Å². The summed E-state index contributed by atoms with van der Waals surface area (Å²) in [7, 11) is 0. The molecule has 19 heavy (non-hydrogen) atoms. The quantitative estimate of drug-likeness (QED) is 0.869. The number of fused-ring (bicyclic) bond motifs is 1. The second-order valence-electron chi connectivity index (χ2n) is 6.29. The lowest BCUT2D eigenvalue weighted by molar-refractivity contribution is 0.362. The van der Waals surface area contributed by atoms with Crippen molar-refractivity contribution >= 4 is 0 Å². The highest BCUT2D eigenvalue weighted by Crippen LogP contribution is 2.31. The molecule has 1 saturated carbocycles. The Morgan fingerprint density at radius 1 is 1.21 bits per heavy atom. The van der Waals surface area contributed by atoms with Gasteiger partial charge in [0.05, 0.1) is 0 Å². The first-order valence-corrected chi connectivity index (χ1v) is 7.86. The van der Waals surface area contributed by atoms with E-state index in [0.717, 1.165) is 24.9 Å². The Bertz CT molecular complexity index is 415. The zero-order valence-corrected chi connectivity index (χ0v) is 12.0. The van der Waals surface area contributed by atoms with Crippen molar-refractivity contribution < 1.29 is 0 Å². The third-order valence-electron chi connectivity index (χ3n) is 5.02. The minimum absolute atomic E-state index is 0.541. The Kier molecular flexibility index (Phi) is 4.19. The fourth-order valence-corrected chi connectivity index (χ4v) is 3.69. The van der Waals surface area contributed by atoms with Crippen molar-refractivity contribution in [3.8, 4) is 0 Å². The molecule has 104 valence electrons. The molecule has 0 aromatic heterocycles. The SMILES string of the molecule is CC1CCCC1CNC1CCNCc2ccccc21. The molecule has 2 nitrogen and oxygen atoms in total. The average Bonchev–Trinajstić information content (AvgIpc) is 2.73. The molecule has 0 spiro atoms. The molecule has 0 radical (unpaired) electrons. The van der Waals surface area contributed by atoms with Gasteiger partial charge in [0.1, 0.15) is 0 Å². The number of nitrogens with one attached hydrogen (secondary N) is 2. The van der Waals surface area contributed by atoms with E-state index in [2.05, 4.69) is 41.8 Å². The summed E-state index contributed by atoms with van der Waals surface area (Å²) in [6, 6.07) is 9.44. The first-order valence-electron chi connectivity index (χ1n) is 7.86. The second-order valence-corrected chi connectivity index (χ2v) is 6.29. The van der Waals surface area contributed by atoms with Gasteiger partial charge in [0.15, 0.2) is 0 Å². The molecule has 3 unspecified atom stereocenters. The summed E-state index contributed by atoms with van der Waals surface area (Å²) in [6.45, 7) is 5.75. The van der Waals surface area contributed by atoms with Crippen molar-refractivity contribution in [3.05, 3.63) is 35.4 Å². The van der Waals surface area contributed by atoms with Gasteiger partial charge in [-0.25, -0.2) is 0 Å². The fraction of sp³-hybridized carbons (Fsp3) is 0.647. The van der Waals surface area contributed by atoms with Crippen LogP contribution in [0.3, 0.4) is 0 Å². The van der Waals surface area contributed by atoms with Gasteiger partial charge in [-0.2, -0.15) is 0 Å². The predicted molar refractivity (Wildman–Crippen MR) is 80.0 cm³/mol. The van der Waals surface area contributed by atoms with Gasteiger partial charge in [-0.3, -0.25) is 0 Å². The number of benzene rings is 1. The van der Waals surface area contributed by atoms with E-state index in [4.69, 9.17) is 0 Å². The summed E-state index contributed by atoms with van der Waals surface area (Å²) < 4.78 is 0. The highest BCUT2D eigenvalue weighted by Gasteiger charge is 2.25. The summed E-state index contributed by atoms with van der Waals surface area (Å²) in [6.07, 6.45) is 5.48. The minimum Gasteiger partial charge on any atom is -0.313 e. The highest BCUT2D eigenvalue weighted by molar-refractivity contribution is 5.31. The van der Waals surface area contributed by atoms with E-state index in [0.29, 0.717) is 6.04 Å². The first-order chi connectivity index (χ1) is 9.34. The van der Waals surface area contributed by atoms with Crippen LogP contribution in [0.4, 0.5) is 0 Å². The molecule has 2 N–H and O–H groups in total. The van der Waals surface area contributed by atoms with E-state index in [1.165, 1.54) is 43.4 Å². The monoisotopic (exact) mass is 258 g/mol. The molecule has 0 amide bonds. The molecule has 1 fully saturated rings. The smallest absolute Gasteiger partial charge is 0.0335 e. The summed E-state index contributed by atoms with van der Waals surface area (Å²) in [5, 5.41) is 7.38. The number of hydrogen-bond donors (Lipinski definition) is 2. The molecule has 1 aromatic carbocycles. The maximum Gasteiger partial charge on any atom is 0.0335 e. The van der Waals surface area contributed by atoms with Crippen molar-refractivity contribution in [3.63, 3.8) is 0 Å². The Morgan fingerprint density at radius 3 is 2.95 bits per heavy atom. The summed E-state index contributed by atoms with van der Waals surface area (Å²) in [5.74, 6) is 1.80. The van der Waals surface area contributed by atoms with E-state index in [9.17, 15) is 0 Å². The molecule has 1 heterocycles. The average molecular weight is 258 g/mol. The Balaban J connectivity index is 1.67. The van der Waals surface area contributed by atoms with Crippen LogP contribution in [0.1, 0.15) is 49.8 Å². The number of rotatable bonds is 3. The summed E-state index contributed by atoms with van der Waals surface area (Å²) in [4.78, 5) is 0. The van der Waals surface area contributed by atoms with Gasteiger partial charge in [0.2, 0.25) is 0 Å². The van der Waals surface area contributed by atoms with Gasteiger partial charge < -0.3 is 10.6 Å². The van der Waals surface area contributed by atoms with Gasteiger partial charge in [-0.15, -0.1) is 0 Å². The van der Waals surface area contributed by atoms with Gasteiger partial charge in [0.25, 0.3) is 0 Å². The lowest BCUT2D eigenvalue weighted by Gasteiger charge is -2.23. The van der Waals surface area contributed by atoms with Crippen LogP contribution in [0.15, 0.2) is 24.3 Å². The number of hydrogen-bond acceptors (Lipinski definition) is 2. The van der Waals surface area contributed by atoms with Crippen LogP contribution in [0.25, 0.3) is 0 Å². The van der Waals surface area contributed by atoms with Crippen molar-refractivity contribution in [2.45, 2.75) is 45.2 Å². The lowest BCUT2D eigenvalue weighted by Crippen LogP contribution is -2.29. The molecule has 3 atom stereocenters. The molecule has 1 aromatic rings. The van der Waals surface area contributed by atoms with Gasteiger partial charge in [-0.1, -0.05) is 44.0 Å². The van der Waals surface area contributed by atoms with E-state index in [-0.39, 0.29) is 0 Å². The van der Waals surface area contributed by atoms with Crippen LogP contribution in [0.5, 0.6) is 0 Å². The Hall–Kier alpha value is -0.860. The molecule has 2 heteroatoms. The normalized spacial score (nSPS) is 30.9. The molecule has 1 aliphatic carbocycles. The van der Waals surface area contributed by atoms with E-state index in [1.807, 2.05) is 0 Å². The topological polar surface area (TPSA) is 24.1 Å². The van der Waals surface area contributed by atoms with Gasteiger partial charge in [0, 0.05) is 12.6 Å². The summed E-state index contributed by atoms with van der Waals surface area (Å²) in [5.41, 5.74) is 2.98. The first kappa shape index (κ1) is 13.1. The van der Waals surface area contributed by atoms with Gasteiger partial charge >= 0.3 is 0 Å².